The van der Waals surface area contributed by atoms with Crippen LogP contribution >= 0.6 is 23.1 Å². The number of nitriles is 1. The molecule has 0 radical (unpaired) electrons. The quantitative estimate of drug-likeness (QED) is 0.355. The summed E-state index contributed by atoms with van der Waals surface area (Å²) in [4.78, 5) is 13.9. The van der Waals surface area contributed by atoms with Crippen LogP contribution < -0.4 is 10.1 Å². The fraction of sp³-hybridized carbons (Fsp3) is 0.417. The lowest BCUT2D eigenvalue weighted by molar-refractivity contribution is -0.113. The largest absolute Gasteiger partial charge is 0.485 e. The van der Waals surface area contributed by atoms with Gasteiger partial charge in [0.1, 0.15) is 23.4 Å². The van der Waals surface area contributed by atoms with Crippen LogP contribution in [0.3, 0.4) is 0 Å². The van der Waals surface area contributed by atoms with Gasteiger partial charge in [-0.3, -0.25) is 4.79 Å². The van der Waals surface area contributed by atoms with Gasteiger partial charge in [-0.2, -0.15) is 5.26 Å². The molecule has 2 heterocycles. The number of benzene rings is 1. The number of para-hydroxylation sites is 1. The van der Waals surface area contributed by atoms with Gasteiger partial charge in [0.15, 0.2) is 11.0 Å². The molecule has 1 amide bonds. The average molecular weight is 482 g/mol. The Morgan fingerprint density at radius 3 is 2.88 bits per heavy atom. The Balaban J connectivity index is 1.38. The Bertz CT molecular complexity index is 1180. The number of rotatable bonds is 8. The molecule has 1 N–H and O–H groups in total. The van der Waals surface area contributed by atoms with E-state index >= 15 is 0 Å². The minimum atomic E-state index is -0.142. The fourth-order valence-electron chi connectivity index (χ4n) is 3.95. The lowest BCUT2D eigenvalue weighted by Crippen LogP contribution is -2.15. The number of anilines is 1. The minimum absolute atomic E-state index is 0.142. The predicted molar refractivity (Wildman–Crippen MR) is 131 cm³/mol. The molecule has 1 aliphatic rings. The molecule has 0 unspecified atom stereocenters. The number of fused-ring (bicyclic) bond motifs is 1. The number of ether oxygens (including phenoxy) is 1. The van der Waals surface area contributed by atoms with Gasteiger partial charge in [0.2, 0.25) is 5.91 Å². The molecule has 4 rings (SSSR count). The lowest BCUT2D eigenvalue weighted by atomic mass is 10.1. The van der Waals surface area contributed by atoms with Crippen molar-refractivity contribution in [1.29, 1.82) is 5.26 Å². The van der Waals surface area contributed by atoms with Crippen molar-refractivity contribution in [2.24, 2.45) is 0 Å². The number of carbonyl (C=O) groups is 1. The van der Waals surface area contributed by atoms with Crippen molar-refractivity contribution in [3.05, 3.63) is 51.7 Å². The third-order valence-electron chi connectivity index (χ3n) is 5.68. The second kappa shape index (κ2) is 10.9. The summed E-state index contributed by atoms with van der Waals surface area (Å²) in [5.41, 5.74) is 2.84. The van der Waals surface area contributed by atoms with Crippen molar-refractivity contribution < 1.29 is 9.53 Å². The highest BCUT2D eigenvalue weighted by molar-refractivity contribution is 7.99. The van der Waals surface area contributed by atoms with E-state index in [9.17, 15) is 10.1 Å². The van der Waals surface area contributed by atoms with Crippen LogP contribution in [0.1, 0.15) is 53.6 Å². The van der Waals surface area contributed by atoms with Crippen LogP contribution in [-0.4, -0.2) is 26.4 Å². The number of thioether (sulfide) groups is 1. The van der Waals surface area contributed by atoms with Gasteiger partial charge in [0.25, 0.3) is 0 Å². The second-order valence-corrected chi connectivity index (χ2v) is 9.96. The first-order valence-corrected chi connectivity index (χ1v) is 13.0. The van der Waals surface area contributed by atoms with E-state index in [1.807, 2.05) is 42.7 Å². The summed E-state index contributed by atoms with van der Waals surface area (Å²) in [7, 11) is 0. The van der Waals surface area contributed by atoms with Gasteiger partial charge in [-0.05, 0) is 56.7 Å². The standard InChI is InChI=1S/C24H27N5O2S2/c1-3-29-21(14-31-19-11-8-7-9-16(19)2)27-28-24(29)32-15-22(30)26-23-18(13-25)17-10-5-4-6-12-20(17)33-23/h7-9,11H,3-6,10,12,14-15H2,1-2H3,(H,26,30). The third kappa shape index (κ3) is 5.40. The topological polar surface area (TPSA) is 92.8 Å². The van der Waals surface area contributed by atoms with E-state index in [0.717, 1.165) is 48.4 Å². The predicted octanol–water partition coefficient (Wildman–Crippen LogP) is 5.12. The van der Waals surface area contributed by atoms with Crippen LogP contribution in [-0.2, 0) is 30.8 Å². The first-order chi connectivity index (χ1) is 16.1. The maximum absolute atomic E-state index is 12.7. The first-order valence-electron chi connectivity index (χ1n) is 11.2. The molecule has 1 aliphatic carbocycles. The summed E-state index contributed by atoms with van der Waals surface area (Å²) in [6.07, 6.45) is 5.35. The Morgan fingerprint density at radius 2 is 2.09 bits per heavy atom. The Morgan fingerprint density at radius 1 is 1.27 bits per heavy atom. The zero-order chi connectivity index (χ0) is 23.2. The van der Waals surface area contributed by atoms with Crippen molar-refractivity contribution in [2.45, 2.75) is 64.3 Å². The number of amides is 1. The Labute approximate surface area is 202 Å². The van der Waals surface area contributed by atoms with Crippen LogP contribution in [0.15, 0.2) is 29.4 Å². The van der Waals surface area contributed by atoms with Crippen molar-refractivity contribution in [2.75, 3.05) is 11.1 Å². The summed E-state index contributed by atoms with van der Waals surface area (Å²) in [6, 6.07) is 10.2. The maximum Gasteiger partial charge on any atom is 0.235 e. The smallest absolute Gasteiger partial charge is 0.235 e. The number of hydrogen-bond acceptors (Lipinski definition) is 7. The first kappa shape index (κ1) is 23.3. The summed E-state index contributed by atoms with van der Waals surface area (Å²) < 4.78 is 7.88. The Hall–Kier alpha value is -2.83. The fourth-order valence-corrected chi connectivity index (χ4v) is 6.03. The summed E-state index contributed by atoms with van der Waals surface area (Å²) in [6.45, 7) is 5.01. The van der Waals surface area contributed by atoms with E-state index < -0.39 is 0 Å². The molecular formula is C24H27N5O2S2. The van der Waals surface area contributed by atoms with E-state index in [2.05, 4.69) is 21.6 Å². The maximum atomic E-state index is 12.7. The van der Waals surface area contributed by atoms with Gasteiger partial charge in [-0.15, -0.1) is 21.5 Å². The monoisotopic (exact) mass is 481 g/mol. The zero-order valence-electron chi connectivity index (χ0n) is 18.9. The molecule has 172 valence electrons. The van der Waals surface area contributed by atoms with Gasteiger partial charge in [-0.25, -0.2) is 0 Å². The highest BCUT2D eigenvalue weighted by Crippen LogP contribution is 2.37. The van der Waals surface area contributed by atoms with Crippen LogP contribution in [0, 0.1) is 18.3 Å². The number of hydrogen-bond donors (Lipinski definition) is 1. The van der Waals surface area contributed by atoms with Gasteiger partial charge < -0.3 is 14.6 Å². The van der Waals surface area contributed by atoms with Crippen molar-refractivity contribution in [1.82, 2.24) is 14.8 Å². The van der Waals surface area contributed by atoms with E-state index in [-0.39, 0.29) is 11.7 Å². The number of carbonyl (C=O) groups excluding carboxylic acids is 1. The molecular weight excluding hydrogens is 454 g/mol. The molecule has 9 heteroatoms. The van der Waals surface area contributed by atoms with Crippen molar-refractivity contribution in [3.63, 3.8) is 0 Å². The van der Waals surface area contributed by atoms with Gasteiger partial charge in [-0.1, -0.05) is 36.4 Å². The molecule has 0 saturated heterocycles. The summed E-state index contributed by atoms with van der Waals surface area (Å²) >= 11 is 2.89. The van der Waals surface area contributed by atoms with Crippen molar-refractivity contribution >= 4 is 34.0 Å². The molecule has 1 aromatic carbocycles. The number of nitrogens with one attached hydrogen (secondary N) is 1. The van der Waals surface area contributed by atoms with E-state index in [1.54, 1.807) is 11.3 Å². The average Bonchev–Trinajstić information content (AvgIpc) is 3.28. The molecule has 0 atom stereocenters. The highest BCUT2D eigenvalue weighted by atomic mass is 32.2. The number of thiophene rings is 1. The summed E-state index contributed by atoms with van der Waals surface area (Å²) in [5, 5.41) is 22.5. The number of nitrogens with zero attached hydrogens (tertiary/aromatic N) is 4. The van der Waals surface area contributed by atoms with Crippen molar-refractivity contribution in [3.8, 4) is 11.8 Å². The van der Waals surface area contributed by atoms with Crippen LogP contribution in [0.5, 0.6) is 5.75 Å². The van der Waals surface area contributed by atoms with E-state index in [0.29, 0.717) is 28.9 Å². The van der Waals surface area contributed by atoms with Crippen LogP contribution in [0.4, 0.5) is 5.00 Å². The normalized spacial score (nSPS) is 13.1. The van der Waals surface area contributed by atoms with E-state index in [4.69, 9.17) is 4.74 Å². The molecule has 0 bridgehead atoms. The van der Waals surface area contributed by atoms with Gasteiger partial charge >= 0.3 is 0 Å². The minimum Gasteiger partial charge on any atom is -0.485 e. The zero-order valence-corrected chi connectivity index (χ0v) is 20.5. The molecule has 0 spiro atoms. The molecule has 0 fully saturated rings. The van der Waals surface area contributed by atoms with Gasteiger partial charge in [0, 0.05) is 11.4 Å². The number of aryl methyl sites for hydroxylation is 2. The molecule has 0 saturated carbocycles. The molecule has 2 aromatic heterocycles. The molecule has 33 heavy (non-hydrogen) atoms. The molecule has 3 aromatic rings. The Kier molecular flexibility index (Phi) is 7.68. The summed E-state index contributed by atoms with van der Waals surface area (Å²) in [5.74, 6) is 1.59. The molecule has 7 nitrogen and oxygen atoms in total. The second-order valence-electron chi connectivity index (χ2n) is 7.91. The van der Waals surface area contributed by atoms with Gasteiger partial charge in [0.05, 0.1) is 11.3 Å². The highest BCUT2D eigenvalue weighted by Gasteiger charge is 2.21. The molecule has 0 aliphatic heterocycles. The van der Waals surface area contributed by atoms with Crippen LogP contribution in [0.25, 0.3) is 0 Å². The lowest BCUT2D eigenvalue weighted by Gasteiger charge is -2.10. The third-order valence-corrected chi connectivity index (χ3v) is 7.85. The van der Waals surface area contributed by atoms with E-state index in [1.165, 1.54) is 23.1 Å². The van der Waals surface area contributed by atoms with Crippen LogP contribution in [0.2, 0.25) is 0 Å². The number of aromatic nitrogens is 3. The SMILES string of the molecule is CCn1c(COc2ccccc2C)nnc1SCC(=O)Nc1sc2c(c1C#N)CCCCC2.